The number of rotatable bonds is 2. The molecular formula is C7H5ClF3NO. The van der Waals surface area contributed by atoms with Crippen molar-refractivity contribution in [3.63, 3.8) is 0 Å². The van der Waals surface area contributed by atoms with Gasteiger partial charge in [0.2, 0.25) is 5.88 Å². The van der Waals surface area contributed by atoms with Crippen molar-refractivity contribution in [3.05, 3.63) is 22.6 Å². The molecule has 0 aromatic carbocycles. The standard InChI is InChI=1S/C7H5ClF3NO/c1-13-7-4(8)5(9)3(2-12-7)6(10)11/h2,6H,1H3. The molecule has 1 rings (SSSR count). The maximum atomic E-state index is 13.0. The molecule has 1 heterocycles. The van der Waals surface area contributed by atoms with Crippen LogP contribution in [-0.2, 0) is 0 Å². The minimum atomic E-state index is -2.93. The Kier molecular flexibility index (Phi) is 2.98. The van der Waals surface area contributed by atoms with Crippen LogP contribution in [0.15, 0.2) is 6.20 Å². The molecule has 13 heavy (non-hydrogen) atoms. The third kappa shape index (κ3) is 1.85. The van der Waals surface area contributed by atoms with E-state index >= 15 is 0 Å². The highest BCUT2D eigenvalue weighted by Gasteiger charge is 2.19. The van der Waals surface area contributed by atoms with Crippen LogP contribution in [0.1, 0.15) is 12.0 Å². The highest BCUT2D eigenvalue weighted by Crippen LogP contribution is 2.31. The number of alkyl halides is 2. The van der Waals surface area contributed by atoms with Gasteiger partial charge in [0.25, 0.3) is 6.43 Å². The Morgan fingerprint density at radius 2 is 2.15 bits per heavy atom. The third-order valence-corrected chi connectivity index (χ3v) is 1.71. The molecule has 0 unspecified atom stereocenters. The van der Waals surface area contributed by atoms with Crippen molar-refractivity contribution in [2.24, 2.45) is 0 Å². The van der Waals surface area contributed by atoms with Crippen molar-refractivity contribution < 1.29 is 17.9 Å². The first-order chi connectivity index (χ1) is 6.07. The number of halogens is 4. The fourth-order valence-electron chi connectivity index (χ4n) is 0.757. The molecule has 0 amide bonds. The van der Waals surface area contributed by atoms with E-state index in [1.165, 1.54) is 7.11 Å². The largest absolute Gasteiger partial charge is 0.480 e. The summed E-state index contributed by atoms with van der Waals surface area (Å²) < 4.78 is 41.6. The van der Waals surface area contributed by atoms with E-state index in [2.05, 4.69) is 9.72 Å². The first kappa shape index (κ1) is 10.1. The Balaban J connectivity index is 3.23. The van der Waals surface area contributed by atoms with E-state index in [-0.39, 0.29) is 5.88 Å². The van der Waals surface area contributed by atoms with Gasteiger partial charge in [0.05, 0.1) is 12.7 Å². The van der Waals surface area contributed by atoms with E-state index in [1.54, 1.807) is 0 Å². The zero-order chi connectivity index (χ0) is 10.0. The molecule has 0 bridgehead atoms. The molecule has 1 aromatic rings. The summed E-state index contributed by atoms with van der Waals surface area (Å²) in [5.41, 5.74) is -0.828. The van der Waals surface area contributed by atoms with Gasteiger partial charge in [0.1, 0.15) is 5.02 Å². The molecule has 0 saturated heterocycles. The second-order valence-electron chi connectivity index (χ2n) is 2.15. The van der Waals surface area contributed by atoms with E-state index < -0.39 is 22.8 Å². The van der Waals surface area contributed by atoms with Crippen LogP contribution in [0.25, 0.3) is 0 Å². The van der Waals surface area contributed by atoms with Crippen LogP contribution in [0, 0.1) is 5.82 Å². The number of pyridine rings is 1. The lowest BCUT2D eigenvalue weighted by Gasteiger charge is -2.05. The molecule has 0 aliphatic heterocycles. The van der Waals surface area contributed by atoms with E-state index in [0.717, 1.165) is 0 Å². The molecule has 0 saturated carbocycles. The van der Waals surface area contributed by atoms with Crippen molar-refractivity contribution in [3.8, 4) is 5.88 Å². The van der Waals surface area contributed by atoms with Crippen LogP contribution in [0.5, 0.6) is 5.88 Å². The number of hydrogen-bond acceptors (Lipinski definition) is 2. The van der Waals surface area contributed by atoms with Gasteiger partial charge in [-0.25, -0.2) is 18.2 Å². The molecule has 0 aliphatic rings. The van der Waals surface area contributed by atoms with Gasteiger partial charge in [0, 0.05) is 6.20 Å². The van der Waals surface area contributed by atoms with E-state index in [9.17, 15) is 13.2 Å². The topological polar surface area (TPSA) is 22.1 Å². The lowest BCUT2D eigenvalue weighted by molar-refractivity contribution is 0.145. The average molecular weight is 212 g/mol. The minimum absolute atomic E-state index is 0.205. The Bertz CT molecular complexity index is 319. The first-order valence-electron chi connectivity index (χ1n) is 3.24. The summed E-state index contributed by atoms with van der Waals surface area (Å²) in [5.74, 6) is -1.40. The fraction of sp³-hybridized carbons (Fsp3) is 0.286. The Labute approximate surface area is 77.3 Å². The maximum Gasteiger partial charge on any atom is 0.268 e. The number of ether oxygens (including phenoxy) is 1. The highest BCUT2D eigenvalue weighted by molar-refractivity contribution is 6.32. The predicted molar refractivity (Wildman–Crippen MR) is 40.7 cm³/mol. The van der Waals surface area contributed by atoms with Crippen LogP contribution in [-0.4, -0.2) is 12.1 Å². The Morgan fingerprint density at radius 3 is 2.62 bits per heavy atom. The number of methoxy groups -OCH3 is 1. The zero-order valence-corrected chi connectivity index (χ0v) is 7.28. The van der Waals surface area contributed by atoms with E-state index in [4.69, 9.17) is 11.6 Å². The number of aromatic nitrogens is 1. The van der Waals surface area contributed by atoms with Crippen LogP contribution < -0.4 is 4.74 Å². The van der Waals surface area contributed by atoms with Crippen LogP contribution >= 0.6 is 11.6 Å². The summed E-state index contributed by atoms with van der Waals surface area (Å²) in [6.45, 7) is 0. The molecular weight excluding hydrogens is 207 g/mol. The SMILES string of the molecule is COc1ncc(C(F)F)c(F)c1Cl. The molecule has 0 N–H and O–H groups in total. The molecule has 0 aliphatic carbocycles. The molecule has 0 spiro atoms. The number of nitrogens with zero attached hydrogens (tertiary/aromatic N) is 1. The summed E-state index contributed by atoms with van der Waals surface area (Å²) in [4.78, 5) is 3.40. The fourth-order valence-corrected chi connectivity index (χ4v) is 0.992. The summed E-state index contributed by atoms with van der Waals surface area (Å²) in [7, 11) is 1.22. The zero-order valence-electron chi connectivity index (χ0n) is 6.52. The monoisotopic (exact) mass is 211 g/mol. The summed E-state index contributed by atoms with van der Waals surface area (Å²) in [5, 5.41) is -0.527. The van der Waals surface area contributed by atoms with Gasteiger partial charge >= 0.3 is 0 Å². The highest BCUT2D eigenvalue weighted by atomic mass is 35.5. The molecule has 72 valence electrons. The molecule has 0 fully saturated rings. The van der Waals surface area contributed by atoms with Crippen molar-refractivity contribution in [2.75, 3.05) is 7.11 Å². The third-order valence-electron chi connectivity index (χ3n) is 1.38. The quantitative estimate of drug-likeness (QED) is 0.751. The van der Waals surface area contributed by atoms with Gasteiger partial charge in [-0.2, -0.15) is 0 Å². The van der Waals surface area contributed by atoms with Crippen molar-refractivity contribution in [1.82, 2.24) is 4.98 Å². The Hall–Kier alpha value is -0.970. The van der Waals surface area contributed by atoms with Gasteiger partial charge in [0.15, 0.2) is 5.82 Å². The minimum Gasteiger partial charge on any atom is -0.480 e. The molecule has 2 nitrogen and oxygen atoms in total. The van der Waals surface area contributed by atoms with Gasteiger partial charge in [-0.15, -0.1) is 0 Å². The smallest absolute Gasteiger partial charge is 0.268 e. The van der Waals surface area contributed by atoms with Crippen molar-refractivity contribution in [2.45, 2.75) is 6.43 Å². The lowest BCUT2D eigenvalue weighted by atomic mass is 10.3. The summed E-state index contributed by atoms with van der Waals surface area (Å²) in [6.07, 6.45) is -2.24. The lowest BCUT2D eigenvalue weighted by Crippen LogP contribution is -1.97. The molecule has 0 atom stereocenters. The molecule has 6 heteroatoms. The summed E-state index contributed by atoms with van der Waals surface area (Å²) in [6, 6.07) is 0. The van der Waals surface area contributed by atoms with Gasteiger partial charge < -0.3 is 4.74 Å². The maximum absolute atomic E-state index is 13.0. The normalized spacial score (nSPS) is 10.6. The van der Waals surface area contributed by atoms with Crippen LogP contribution in [0.2, 0.25) is 5.02 Å². The summed E-state index contributed by atoms with van der Waals surface area (Å²) >= 11 is 5.35. The average Bonchev–Trinajstić information content (AvgIpc) is 2.09. The van der Waals surface area contributed by atoms with Gasteiger partial charge in [-0.3, -0.25) is 0 Å². The van der Waals surface area contributed by atoms with Gasteiger partial charge in [-0.1, -0.05) is 11.6 Å². The van der Waals surface area contributed by atoms with E-state index in [0.29, 0.717) is 6.20 Å². The van der Waals surface area contributed by atoms with Crippen LogP contribution in [0.3, 0.4) is 0 Å². The second-order valence-corrected chi connectivity index (χ2v) is 2.53. The van der Waals surface area contributed by atoms with Crippen molar-refractivity contribution >= 4 is 11.6 Å². The number of hydrogen-bond donors (Lipinski definition) is 0. The molecule has 0 radical (unpaired) electrons. The predicted octanol–water partition coefficient (Wildman–Crippen LogP) is 2.82. The Morgan fingerprint density at radius 1 is 1.54 bits per heavy atom. The van der Waals surface area contributed by atoms with Gasteiger partial charge in [-0.05, 0) is 0 Å². The second kappa shape index (κ2) is 3.83. The molecule has 1 aromatic heterocycles. The van der Waals surface area contributed by atoms with Crippen molar-refractivity contribution in [1.29, 1.82) is 0 Å². The van der Waals surface area contributed by atoms with E-state index in [1.807, 2.05) is 0 Å². The van der Waals surface area contributed by atoms with Crippen LogP contribution in [0.4, 0.5) is 13.2 Å². The first-order valence-corrected chi connectivity index (χ1v) is 3.61.